The molecule has 0 radical (unpaired) electrons. The molecule has 2 aromatic carbocycles. The predicted octanol–water partition coefficient (Wildman–Crippen LogP) is 3.03. The third-order valence-corrected chi connectivity index (χ3v) is 6.48. The first-order valence-electron chi connectivity index (χ1n) is 9.09. The van der Waals surface area contributed by atoms with Crippen LogP contribution in [-0.2, 0) is 10.0 Å². The summed E-state index contributed by atoms with van der Waals surface area (Å²) in [6.45, 7) is 2.94. The van der Waals surface area contributed by atoms with Crippen molar-refractivity contribution in [3.05, 3.63) is 59.1 Å². The lowest BCUT2D eigenvalue weighted by molar-refractivity contribution is 0.170. The van der Waals surface area contributed by atoms with E-state index in [1.165, 1.54) is 12.1 Å². The van der Waals surface area contributed by atoms with Gasteiger partial charge in [0.2, 0.25) is 10.0 Å². The SMILES string of the molecule is N#Cc1ccc(OCCN2CCC(NS(=O)(=O)c3ccc(Cl)cc3)CC2)cc1. The van der Waals surface area contributed by atoms with Gasteiger partial charge in [0.1, 0.15) is 12.4 Å². The smallest absolute Gasteiger partial charge is 0.240 e. The van der Waals surface area contributed by atoms with Gasteiger partial charge in [-0.15, -0.1) is 0 Å². The number of benzene rings is 2. The van der Waals surface area contributed by atoms with Crippen LogP contribution < -0.4 is 9.46 Å². The van der Waals surface area contributed by atoms with E-state index in [2.05, 4.69) is 15.7 Å². The molecule has 0 saturated carbocycles. The Morgan fingerprint density at radius 1 is 1.11 bits per heavy atom. The quantitative estimate of drug-likeness (QED) is 0.745. The Kier molecular flexibility index (Phi) is 6.92. The molecule has 0 aliphatic carbocycles. The second-order valence-electron chi connectivity index (χ2n) is 6.68. The minimum atomic E-state index is -3.53. The second-order valence-corrected chi connectivity index (χ2v) is 8.83. The first-order chi connectivity index (χ1) is 13.5. The normalized spacial score (nSPS) is 15.9. The Labute approximate surface area is 170 Å². The van der Waals surface area contributed by atoms with Crippen molar-refractivity contribution in [2.45, 2.75) is 23.8 Å². The summed E-state index contributed by atoms with van der Waals surface area (Å²) >= 11 is 5.82. The number of sulfonamides is 1. The molecule has 2 aromatic rings. The lowest BCUT2D eigenvalue weighted by Gasteiger charge is -2.32. The molecule has 6 nitrogen and oxygen atoms in total. The summed E-state index contributed by atoms with van der Waals surface area (Å²) in [5, 5.41) is 9.31. The van der Waals surface area contributed by atoms with Gasteiger partial charge in [0.15, 0.2) is 0 Å². The van der Waals surface area contributed by atoms with Crippen molar-refractivity contribution in [3.63, 3.8) is 0 Å². The molecule has 0 unspecified atom stereocenters. The fourth-order valence-electron chi connectivity index (χ4n) is 3.09. The molecule has 0 bridgehead atoms. The van der Waals surface area contributed by atoms with Crippen LogP contribution in [0.15, 0.2) is 53.4 Å². The molecule has 0 atom stereocenters. The van der Waals surface area contributed by atoms with Crippen LogP contribution in [0.1, 0.15) is 18.4 Å². The summed E-state index contributed by atoms with van der Waals surface area (Å²) in [6.07, 6.45) is 1.51. The number of nitrogens with zero attached hydrogens (tertiary/aromatic N) is 2. The summed E-state index contributed by atoms with van der Waals surface area (Å²) in [6, 6.07) is 15.2. The fourth-order valence-corrected chi connectivity index (χ4v) is 4.52. The van der Waals surface area contributed by atoms with Crippen molar-refractivity contribution in [2.24, 2.45) is 0 Å². The van der Waals surface area contributed by atoms with E-state index in [1.807, 2.05) is 0 Å². The van der Waals surface area contributed by atoms with Crippen LogP contribution in [0.25, 0.3) is 0 Å². The molecule has 1 saturated heterocycles. The molecule has 1 fully saturated rings. The zero-order valence-electron chi connectivity index (χ0n) is 15.3. The van der Waals surface area contributed by atoms with Gasteiger partial charge in [-0.1, -0.05) is 11.6 Å². The monoisotopic (exact) mass is 419 g/mol. The van der Waals surface area contributed by atoms with Gasteiger partial charge in [-0.25, -0.2) is 13.1 Å². The molecular weight excluding hydrogens is 398 g/mol. The molecule has 8 heteroatoms. The van der Waals surface area contributed by atoms with Crippen LogP contribution >= 0.6 is 11.6 Å². The maximum absolute atomic E-state index is 12.5. The highest BCUT2D eigenvalue weighted by atomic mass is 35.5. The predicted molar refractivity (Wildman–Crippen MR) is 108 cm³/mol. The van der Waals surface area contributed by atoms with Gasteiger partial charge >= 0.3 is 0 Å². The van der Waals surface area contributed by atoms with Crippen molar-refractivity contribution in [1.82, 2.24) is 9.62 Å². The summed E-state index contributed by atoms with van der Waals surface area (Å²) < 4.78 is 33.4. The number of halogens is 1. The molecule has 3 rings (SSSR count). The number of rotatable bonds is 7. The third-order valence-electron chi connectivity index (χ3n) is 4.69. The zero-order chi connectivity index (χ0) is 20.0. The molecule has 1 N–H and O–H groups in total. The van der Waals surface area contributed by atoms with E-state index in [4.69, 9.17) is 21.6 Å². The Bertz CT molecular complexity index is 917. The number of ether oxygens (including phenoxy) is 1. The average molecular weight is 420 g/mol. The minimum Gasteiger partial charge on any atom is -0.492 e. The molecule has 1 aliphatic rings. The number of hydrogen-bond donors (Lipinski definition) is 1. The van der Waals surface area contributed by atoms with Gasteiger partial charge < -0.3 is 4.74 Å². The van der Waals surface area contributed by atoms with Crippen molar-refractivity contribution < 1.29 is 13.2 Å². The van der Waals surface area contributed by atoms with E-state index in [1.54, 1.807) is 36.4 Å². The maximum Gasteiger partial charge on any atom is 0.240 e. The van der Waals surface area contributed by atoms with Crippen molar-refractivity contribution >= 4 is 21.6 Å². The van der Waals surface area contributed by atoms with Gasteiger partial charge in [0, 0.05) is 17.6 Å². The van der Waals surface area contributed by atoms with Crippen LogP contribution in [0.2, 0.25) is 5.02 Å². The first kappa shape index (κ1) is 20.6. The maximum atomic E-state index is 12.5. The van der Waals surface area contributed by atoms with Crippen molar-refractivity contribution in [3.8, 4) is 11.8 Å². The highest BCUT2D eigenvalue weighted by Crippen LogP contribution is 2.17. The lowest BCUT2D eigenvalue weighted by Crippen LogP contribution is -2.45. The first-order valence-corrected chi connectivity index (χ1v) is 11.0. The van der Waals surface area contributed by atoms with Crippen LogP contribution in [0.3, 0.4) is 0 Å². The largest absolute Gasteiger partial charge is 0.492 e. The van der Waals surface area contributed by atoms with Gasteiger partial charge in [-0.3, -0.25) is 4.90 Å². The summed E-state index contributed by atoms with van der Waals surface area (Å²) in [4.78, 5) is 2.49. The van der Waals surface area contributed by atoms with E-state index < -0.39 is 10.0 Å². The molecular formula is C20H22ClN3O3S. The Balaban J connectivity index is 1.41. The number of likely N-dealkylation sites (tertiary alicyclic amines) is 1. The molecule has 1 heterocycles. The third kappa shape index (κ3) is 5.69. The fraction of sp³-hybridized carbons (Fsp3) is 0.350. The second kappa shape index (κ2) is 9.39. The highest BCUT2D eigenvalue weighted by Gasteiger charge is 2.24. The van der Waals surface area contributed by atoms with Gasteiger partial charge in [-0.2, -0.15) is 5.26 Å². The summed E-state index contributed by atoms with van der Waals surface area (Å²) in [5.41, 5.74) is 0.607. The summed E-state index contributed by atoms with van der Waals surface area (Å²) in [5.74, 6) is 0.740. The van der Waals surface area contributed by atoms with Gasteiger partial charge in [0.05, 0.1) is 16.5 Å². The Morgan fingerprint density at radius 2 is 1.75 bits per heavy atom. The van der Waals surface area contributed by atoms with E-state index in [0.717, 1.165) is 38.2 Å². The van der Waals surface area contributed by atoms with Crippen molar-refractivity contribution in [2.75, 3.05) is 26.2 Å². The number of hydrogen-bond acceptors (Lipinski definition) is 5. The molecule has 0 spiro atoms. The lowest BCUT2D eigenvalue weighted by atomic mass is 10.1. The van der Waals surface area contributed by atoms with Gasteiger partial charge in [0.25, 0.3) is 0 Å². The van der Waals surface area contributed by atoms with Crippen molar-refractivity contribution in [1.29, 1.82) is 5.26 Å². The van der Waals surface area contributed by atoms with Crippen LogP contribution in [0.5, 0.6) is 5.75 Å². The van der Waals surface area contributed by atoms with Crippen LogP contribution in [-0.4, -0.2) is 45.6 Å². The zero-order valence-corrected chi connectivity index (χ0v) is 16.9. The standard InChI is InChI=1S/C20H22ClN3O3S/c21-17-3-7-20(8-4-17)28(25,26)23-18-9-11-24(12-10-18)13-14-27-19-5-1-16(15-22)2-6-19/h1-8,18,23H,9-14H2. The van der Waals surface area contributed by atoms with Crippen LogP contribution in [0, 0.1) is 11.3 Å². The molecule has 0 amide bonds. The van der Waals surface area contributed by atoms with E-state index in [-0.39, 0.29) is 10.9 Å². The molecule has 148 valence electrons. The Hall–Kier alpha value is -2.11. The van der Waals surface area contributed by atoms with E-state index in [0.29, 0.717) is 17.2 Å². The molecule has 0 aromatic heterocycles. The Morgan fingerprint density at radius 3 is 2.36 bits per heavy atom. The van der Waals surface area contributed by atoms with Gasteiger partial charge in [-0.05, 0) is 74.5 Å². The molecule has 28 heavy (non-hydrogen) atoms. The number of piperidine rings is 1. The van der Waals surface area contributed by atoms with E-state index in [9.17, 15) is 8.42 Å². The molecule has 1 aliphatic heterocycles. The number of nitrogens with one attached hydrogen (secondary N) is 1. The van der Waals surface area contributed by atoms with Crippen LogP contribution in [0.4, 0.5) is 0 Å². The average Bonchev–Trinajstić information content (AvgIpc) is 2.70. The highest BCUT2D eigenvalue weighted by molar-refractivity contribution is 7.89. The summed E-state index contributed by atoms with van der Waals surface area (Å²) in [7, 11) is -3.53. The van der Waals surface area contributed by atoms with E-state index >= 15 is 0 Å². The minimum absolute atomic E-state index is 0.0728. The topological polar surface area (TPSA) is 82.4 Å². The number of nitriles is 1.